The molecule has 1 aliphatic carbocycles. The fourth-order valence-corrected chi connectivity index (χ4v) is 6.63. The Labute approximate surface area is 223 Å². The van der Waals surface area contributed by atoms with E-state index in [2.05, 4.69) is 21.7 Å². The zero-order valence-electron chi connectivity index (χ0n) is 22.1. The second kappa shape index (κ2) is 9.93. The highest BCUT2D eigenvalue weighted by atomic mass is 16.2. The van der Waals surface area contributed by atoms with Crippen molar-refractivity contribution in [2.45, 2.75) is 83.0 Å². The molecule has 3 aromatic rings. The van der Waals surface area contributed by atoms with Gasteiger partial charge < -0.3 is 20.5 Å². The van der Waals surface area contributed by atoms with E-state index in [1.54, 1.807) is 4.90 Å². The molecule has 7 heteroatoms. The minimum Gasteiger partial charge on any atom is -0.356 e. The van der Waals surface area contributed by atoms with Gasteiger partial charge >= 0.3 is 0 Å². The number of hydrogen-bond acceptors (Lipinski definition) is 3. The summed E-state index contributed by atoms with van der Waals surface area (Å²) >= 11 is 0. The first kappa shape index (κ1) is 24.7. The van der Waals surface area contributed by atoms with Crippen molar-refractivity contribution in [2.24, 2.45) is 5.92 Å². The maximum absolute atomic E-state index is 14.0. The van der Waals surface area contributed by atoms with Gasteiger partial charge in [-0.3, -0.25) is 14.4 Å². The van der Waals surface area contributed by atoms with E-state index in [0.717, 1.165) is 59.8 Å². The van der Waals surface area contributed by atoms with Crippen LogP contribution in [0, 0.1) is 5.92 Å². The predicted molar refractivity (Wildman–Crippen MR) is 147 cm³/mol. The van der Waals surface area contributed by atoms with E-state index >= 15 is 0 Å². The van der Waals surface area contributed by atoms with Crippen molar-refractivity contribution >= 4 is 28.6 Å². The van der Waals surface area contributed by atoms with Crippen molar-refractivity contribution in [3.63, 3.8) is 0 Å². The lowest BCUT2D eigenvalue weighted by Crippen LogP contribution is -2.58. The van der Waals surface area contributed by atoms with Crippen molar-refractivity contribution in [1.82, 2.24) is 20.5 Å². The molecule has 1 fully saturated rings. The van der Waals surface area contributed by atoms with Crippen LogP contribution in [0.3, 0.4) is 0 Å². The monoisotopic (exact) mass is 512 g/mol. The quantitative estimate of drug-likeness (QED) is 0.450. The minimum atomic E-state index is -0.708. The number of hydrogen-bond donors (Lipinski definition) is 3. The van der Waals surface area contributed by atoms with Gasteiger partial charge in [-0.1, -0.05) is 75.9 Å². The number of carbonyl (C=O) groups excluding carboxylic acids is 3. The van der Waals surface area contributed by atoms with Gasteiger partial charge in [-0.15, -0.1) is 0 Å². The van der Waals surface area contributed by atoms with E-state index in [-0.39, 0.29) is 35.7 Å². The number of fused-ring (bicyclic) bond motifs is 7. The second-order valence-electron chi connectivity index (χ2n) is 11.2. The molecule has 3 N–H and O–H groups in total. The molecular weight excluding hydrogens is 476 g/mol. The lowest BCUT2D eigenvalue weighted by Gasteiger charge is -2.38. The molecule has 0 saturated heterocycles. The topological polar surface area (TPSA) is 94.3 Å². The van der Waals surface area contributed by atoms with Crippen molar-refractivity contribution < 1.29 is 14.4 Å². The molecule has 1 saturated carbocycles. The Morgan fingerprint density at radius 3 is 2.58 bits per heavy atom. The van der Waals surface area contributed by atoms with Crippen LogP contribution in [0.5, 0.6) is 0 Å². The normalized spacial score (nSPS) is 22.4. The number of amides is 3. The van der Waals surface area contributed by atoms with Gasteiger partial charge in [0.15, 0.2) is 0 Å². The number of aromatic amines is 1. The summed E-state index contributed by atoms with van der Waals surface area (Å²) in [7, 11) is 0. The largest absolute Gasteiger partial charge is 0.356 e. The van der Waals surface area contributed by atoms with Crippen LogP contribution in [-0.4, -0.2) is 45.7 Å². The van der Waals surface area contributed by atoms with E-state index in [1.807, 2.05) is 56.3 Å². The first-order valence-corrected chi connectivity index (χ1v) is 14.1. The molecule has 3 amide bonds. The Hall–Kier alpha value is -3.61. The zero-order valence-corrected chi connectivity index (χ0v) is 22.1. The van der Waals surface area contributed by atoms with Gasteiger partial charge in [-0.25, -0.2) is 0 Å². The van der Waals surface area contributed by atoms with Crippen molar-refractivity contribution in [1.29, 1.82) is 0 Å². The Bertz CT molecular complexity index is 1390. The molecule has 4 atom stereocenters. The molecule has 2 aromatic carbocycles. The summed E-state index contributed by atoms with van der Waals surface area (Å²) in [6.45, 7) is 4.04. The predicted octanol–water partition coefficient (Wildman–Crippen LogP) is 4.62. The lowest BCUT2D eigenvalue weighted by atomic mass is 9.89. The van der Waals surface area contributed by atoms with E-state index in [9.17, 15) is 14.4 Å². The average molecular weight is 513 g/mol. The van der Waals surface area contributed by atoms with Gasteiger partial charge in [0.25, 0.3) is 5.91 Å². The van der Waals surface area contributed by atoms with Gasteiger partial charge in [0.05, 0.1) is 6.04 Å². The van der Waals surface area contributed by atoms with Gasteiger partial charge in [-0.05, 0) is 42.0 Å². The molecule has 0 bridgehead atoms. The van der Waals surface area contributed by atoms with Crippen LogP contribution in [0.15, 0.2) is 48.5 Å². The highest BCUT2D eigenvalue weighted by Crippen LogP contribution is 2.46. The molecule has 38 heavy (non-hydrogen) atoms. The molecule has 0 spiro atoms. The summed E-state index contributed by atoms with van der Waals surface area (Å²) in [5.41, 5.74) is 4.59. The van der Waals surface area contributed by atoms with E-state index in [1.165, 1.54) is 6.42 Å². The molecule has 2 aliphatic heterocycles. The van der Waals surface area contributed by atoms with Crippen LogP contribution in [0.25, 0.3) is 10.9 Å². The number of nitrogens with one attached hydrogen (secondary N) is 3. The Balaban J connectivity index is 1.34. The average Bonchev–Trinajstić information content (AvgIpc) is 3.46. The summed E-state index contributed by atoms with van der Waals surface area (Å²) in [5.74, 6) is -0.550. The maximum atomic E-state index is 14.0. The van der Waals surface area contributed by atoms with Crippen LogP contribution < -0.4 is 10.6 Å². The third-order valence-electron chi connectivity index (χ3n) is 8.90. The van der Waals surface area contributed by atoms with Crippen LogP contribution in [0.1, 0.15) is 85.6 Å². The van der Waals surface area contributed by atoms with E-state index < -0.39 is 12.1 Å². The summed E-state index contributed by atoms with van der Waals surface area (Å²) in [4.78, 5) is 46.4. The van der Waals surface area contributed by atoms with Gasteiger partial charge in [-0.2, -0.15) is 0 Å². The van der Waals surface area contributed by atoms with Crippen molar-refractivity contribution in [2.75, 3.05) is 0 Å². The number of rotatable bonds is 6. The number of H-pyrrole nitrogens is 1. The van der Waals surface area contributed by atoms with Crippen LogP contribution in [-0.2, 0) is 16.0 Å². The number of nitrogens with zero attached hydrogens (tertiary/aromatic N) is 1. The fourth-order valence-electron chi connectivity index (χ4n) is 6.63. The van der Waals surface area contributed by atoms with Crippen LogP contribution in [0.2, 0.25) is 0 Å². The fraction of sp³-hybridized carbons (Fsp3) is 0.452. The molecule has 7 nitrogen and oxygen atoms in total. The second-order valence-corrected chi connectivity index (χ2v) is 11.2. The molecule has 1 aromatic heterocycles. The smallest absolute Gasteiger partial charge is 0.255 e. The Morgan fingerprint density at radius 1 is 1.05 bits per heavy atom. The summed E-state index contributed by atoms with van der Waals surface area (Å²) < 4.78 is 0. The molecule has 0 unspecified atom stereocenters. The maximum Gasteiger partial charge on any atom is 0.255 e. The van der Waals surface area contributed by atoms with Gasteiger partial charge in [0.2, 0.25) is 11.8 Å². The highest BCUT2D eigenvalue weighted by molar-refractivity contribution is 6.04. The lowest BCUT2D eigenvalue weighted by molar-refractivity contribution is -0.133. The molecule has 3 aliphatic rings. The summed E-state index contributed by atoms with van der Waals surface area (Å²) in [6.07, 6.45) is 6.60. The van der Waals surface area contributed by atoms with Gasteiger partial charge in [0.1, 0.15) is 12.1 Å². The van der Waals surface area contributed by atoms with Crippen LogP contribution in [0.4, 0.5) is 0 Å². The third kappa shape index (κ3) is 4.08. The molecule has 0 radical (unpaired) electrons. The first-order valence-electron chi connectivity index (χ1n) is 14.1. The highest BCUT2D eigenvalue weighted by Gasteiger charge is 2.49. The van der Waals surface area contributed by atoms with Crippen molar-refractivity contribution in [3.8, 4) is 0 Å². The van der Waals surface area contributed by atoms with E-state index in [0.29, 0.717) is 12.0 Å². The molecular formula is C31H36N4O3. The minimum absolute atomic E-state index is 0.0305. The number of para-hydroxylation sites is 1. The number of aromatic nitrogens is 1. The van der Waals surface area contributed by atoms with Crippen molar-refractivity contribution in [3.05, 3.63) is 70.9 Å². The molecule has 3 heterocycles. The standard InChI is InChI=1S/C31H36N4O3/c1-3-18(2)26(30(37)32-19-11-5-4-6-12-19)34-29(36)25-17-23-20-13-9-10-16-24(20)33-27(23)28-21-14-7-8-15-22(21)31(38)35(25)28/h7-10,13-16,18-19,25-26,28,33H,3-6,11-12,17H2,1-2H3,(H,32,37)(H,34,36)/t18-,25-,26-,28-/m0/s1. The number of benzene rings is 2. The van der Waals surface area contributed by atoms with Crippen LogP contribution >= 0.6 is 0 Å². The molecule has 6 rings (SSSR count). The first-order chi connectivity index (χ1) is 18.5. The van der Waals surface area contributed by atoms with E-state index in [4.69, 9.17) is 0 Å². The third-order valence-corrected chi connectivity index (χ3v) is 8.90. The van der Waals surface area contributed by atoms with Gasteiger partial charge in [0, 0.05) is 34.6 Å². The summed E-state index contributed by atoms with van der Waals surface area (Å²) in [6, 6.07) is 14.2. The Kier molecular flexibility index (Phi) is 6.46. The summed E-state index contributed by atoms with van der Waals surface area (Å²) in [5, 5.41) is 7.39. The SMILES string of the molecule is CC[C@H](C)[C@H](NC(=O)[C@@H]1Cc2c([nH]c3ccccc23)[C@@H]2c3ccccc3C(=O)N21)C(=O)NC1CCCCC1. The molecule has 198 valence electrons. The Morgan fingerprint density at radius 2 is 1.79 bits per heavy atom. The number of carbonyl (C=O) groups is 3. The zero-order chi connectivity index (χ0) is 26.4.